The first-order valence-electron chi connectivity index (χ1n) is 6.16. The van der Waals surface area contributed by atoms with Gasteiger partial charge >= 0.3 is 0 Å². The number of rotatable bonds is 5. The molecule has 0 radical (unpaired) electrons. The Kier molecular flexibility index (Phi) is 5.09. The molecule has 0 bridgehead atoms. The molecule has 0 fully saturated rings. The van der Waals surface area contributed by atoms with Gasteiger partial charge in [0.25, 0.3) is 0 Å². The molecule has 3 N–H and O–H groups in total. The van der Waals surface area contributed by atoms with Gasteiger partial charge in [0.05, 0.1) is 12.1 Å². The van der Waals surface area contributed by atoms with Crippen LogP contribution >= 0.6 is 27.5 Å². The van der Waals surface area contributed by atoms with Gasteiger partial charge in [-0.1, -0.05) is 17.7 Å². The van der Waals surface area contributed by atoms with Crippen molar-refractivity contribution in [1.82, 2.24) is 0 Å². The monoisotopic (exact) mass is 368 g/mol. The van der Waals surface area contributed by atoms with Crippen molar-refractivity contribution in [2.45, 2.75) is 6.04 Å². The minimum Gasteiger partial charge on any atom is -0.497 e. The van der Waals surface area contributed by atoms with Gasteiger partial charge in [-0.25, -0.2) is 0 Å². The number of carbonyl (C=O) groups is 1. The number of halogens is 2. The van der Waals surface area contributed by atoms with E-state index in [9.17, 15) is 4.79 Å². The van der Waals surface area contributed by atoms with E-state index in [4.69, 9.17) is 22.1 Å². The summed E-state index contributed by atoms with van der Waals surface area (Å²) in [5.41, 5.74) is 6.94. The Morgan fingerprint density at radius 3 is 2.48 bits per heavy atom. The first-order chi connectivity index (χ1) is 10.0. The fourth-order valence-corrected chi connectivity index (χ4v) is 2.30. The Morgan fingerprint density at radius 1 is 1.29 bits per heavy atom. The summed E-state index contributed by atoms with van der Waals surface area (Å²) in [6.07, 6.45) is 0. The van der Waals surface area contributed by atoms with Crippen molar-refractivity contribution in [3.05, 3.63) is 57.5 Å². The Balaban J connectivity index is 2.26. The highest BCUT2D eigenvalue weighted by Gasteiger charge is 2.18. The van der Waals surface area contributed by atoms with E-state index in [1.807, 2.05) is 12.1 Å². The molecule has 2 aromatic carbocycles. The van der Waals surface area contributed by atoms with Crippen LogP contribution in [0.3, 0.4) is 0 Å². The van der Waals surface area contributed by atoms with Gasteiger partial charge in [0.2, 0.25) is 5.91 Å². The predicted molar refractivity (Wildman–Crippen MR) is 87.7 cm³/mol. The largest absolute Gasteiger partial charge is 0.497 e. The molecule has 6 heteroatoms. The fraction of sp³-hybridized carbons (Fsp3) is 0.133. The lowest BCUT2D eigenvalue weighted by atomic mass is 10.1. The molecule has 1 unspecified atom stereocenters. The second-order valence-electron chi connectivity index (χ2n) is 4.38. The Labute approximate surface area is 136 Å². The average molecular weight is 370 g/mol. The van der Waals surface area contributed by atoms with E-state index in [2.05, 4.69) is 21.2 Å². The van der Waals surface area contributed by atoms with Crippen molar-refractivity contribution < 1.29 is 9.53 Å². The number of nitrogens with one attached hydrogen (secondary N) is 1. The van der Waals surface area contributed by atoms with Crippen LogP contribution < -0.4 is 15.8 Å². The molecule has 0 spiro atoms. The minimum absolute atomic E-state index is 0.482. The summed E-state index contributed by atoms with van der Waals surface area (Å²) in [7, 11) is 1.60. The molecule has 0 aliphatic carbocycles. The number of methoxy groups -OCH3 is 1. The molecule has 0 aromatic heterocycles. The van der Waals surface area contributed by atoms with E-state index in [0.717, 1.165) is 15.9 Å². The van der Waals surface area contributed by atoms with Crippen molar-refractivity contribution in [3.8, 4) is 5.75 Å². The molecule has 0 heterocycles. The number of nitrogens with two attached hydrogens (primary N) is 1. The molecule has 110 valence electrons. The highest BCUT2D eigenvalue weighted by atomic mass is 79.9. The summed E-state index contributed by atoms with van der Waals surface area (Å²) in [5.74, 6) is 0.257. The highest BCUT2D eigenvalue weighted by Crippen LogP contribution is 2.28. The van der Waals surface area contributed by atoms with E-state index < -0.39 is 11.9 Å². The van der Waals surface area contributed by atoms with E-state index in [1.54, 1.807) is 37.4 Å². The van der Waals surface area contributed by atoms with Crippen LogP contribution in [-0.4, -0.2) is 13.0 Å². The van der Waals surface area contributed by atoms with Crippen molar-refractivity contribution in [3.63, 3.8) is 0 Å². The molecule has 2 rings (SSSR count). The molecule has 0 saturated heterocycles. The number of primary amides is 1. The Morgan fingerprint density at radius 2 is 1.95 bits per heavy atom. The minimum atomic E-state index is -0.663. The third-order valence-corrected chi connectivity index (χ3v) is 4.20. The molecule has 1 atom stereocenters. The second kappa shape index (κ2) is 6.83. The van der Waals surface area contributed by atoms with Gasteiger partial charge in [-0.15, -0.1) is 0 Å². The number of benzene rings is 2. The fourth-order valence-electron chi connectivity index (χ4n) is 1.86. The van der Waals surface area contributed by atoms with E-state index in [1.165, 1.54) is 0 Å². The van der Waals surface area contributed by atoms with Gasteiger partial charge < -0.3 is 15.8 Å². The van der Waals surface area contributed by atoms with Crippen LogP contribution in [0.15, 0.2) is 46.9 Å². The maximum atomic E-state index is 11.7. The molecular formula is C15H14BrClN2O2. The summed E-state index contributed by atoms with van der Waals surface area (Å²) >= 11 is 9.38. The normalized spacial score (nSPS) is 11.8. The van der Waals surface area contributed by atoms with Gasteiger partial charge in [-0.2, -0.15) is 0 Å². The summed E-state index contributed by atoms with van der Waals surface area (Å²) < 4.78 is 5.86. The standard InChI is InChI=1S/C15H14BrClN2O2/c1-21-11-5-3-10(4-6-11)19-14(15(18)20)9-2-7-12(16)13(17)8-9/h2-8,14,19H,1H3,(H2,18,20). The lowest BCUT2D eigenvalue weighted by Crippen LogP contribution is -2.27. The number of carbonyl (C=O) groups excluding carboxylic acids is 1. The SMILES string of the molecule is COc1ccc(NC(C(N)=O)c2ccc(Br)c(Cl)c2)cc1. The summed E-state index contributed by atoms with van der Waals surface area (Å²) in [4.78, 5) is 11.7. The van der Waals surface area contributed by atoms with E-state index >= 15 is 0 Å². The number of hydrogen-bond acceptors (Lipinski definition) is 3. The molecule has 1 amide bonds. The Bertz CT molecular complexity index is 647. The molecule has 2 aromatic rings. The van der Waals surface area contributed by atoms with Crippen LogP contribution in [0.2, 0.25) is 5.02 Å². The van der Waals surface area contributed by atoms with E-state index in [-0.39, 0.29) is 0 Å². The van der Waals surface area contributed by atoms with Crippen LogP contribution in [0.4, 0.5) is 5.69 Å². The van der Waals surface area contributed by atoms with E-state index in [0.29, 0.717) is 10.6 Å². The molecule has 0 aliphatic rings. The van der Waals surface area contributed by atoms with Crippen LogP contribution in [0.25, 0.3) is 0 Å². The summed E-state index contributed by atoms with van der Waals surface area (Å²) in [6.45, 7) is 0. The number of anilines is 1. The van der Waals surface area contributed by atoms with Crippen molar-refractivity contribution >= 4 is 39.1 Å². The predicted octanol–water partition coefficient (Wildman–Crippen LogP) is 3.75. The molecule has 0 aliphatic heterocycles. The number of amides is 1. The zero-order chi connectivity index (χ0) is 15.4. The van der Waals surface area contributed by atoms with Crippen LogP contribution in [0.5, 0.6) is 5.75 Å². The van der Waals surface area contributed by atoms with Crippen molar-refractivity contribution in [2.75, 3.05) is 12.4 Å². The number of ether oxygens (including phenoxy) is 1. The second-order valence-corrected chi connectivity index (χ2v) is 5.64. The quantitative estimate of drug-likeness (QED) is 0.843. The van der Waals surface area contributed by atoms with Crippen molar-refractivity contribution in [1.29, 1.82) is 0 Å². The van der Waals surface area contributed by atoms with Crippen LogP contribution in [0.1, 0.15) is 11.6 Å². The lowest BCUT2D eigenvalue weighted by Gasteiger charge is -2.18. The molecular weight excluding hydrogens is 356 g/mol. The topological polar surface area (TPSA) is 64.3 Å². The third kappa shape index (κ3) is 3.89. The van der Waals surface area contributed by atoms with Gasteiger partial charge in [0.15, 0.2) is 0 Å². The molecule has 0 saturated carbocycles. The third-order valence-electron chi connectivity index (χ3n) is 2.96. The molecule has 21 heavy (non-hydrogen) atoms. The zero-order valence-electron chi connectivity index (χ0n) is 11.3. The van der Waals surface area contributed by atoms with Gasteiger partial charge in [-0.3, -0.25) is 4.79 Å². The highest BCUT2D eigenvalue weighted by molar-refractivity contribution is 9.10. The van der Waals surface area contributed by atoms with Gasteiger partial charge in [-0.05, 0) is 57.9 Å². The summed E-state index contributed by atoms with van der Waals surface area (Å²) in [5, 5.41) is 3.61. The molecule has 4 nitrogen and oxygen atoms in total. The van der Waals surface area contributed by atoms with Crippen LogP contribution in [-0.2, 0) is 4.79 Å². The summed E-state index contributed by atoms with van der Waals surface area (Å²) in [6, 6.07) is 11.8. The average Bonchev–Trinajstić information content (AvgIpc) is 2.48. The van der Waals surface area contributed by atoms with Gasteiger partial charge in [0, 0.05) is 10.2 Å². The lowest BCUT2D eigenvalue weighted by molar-refractivity contribution is -0.118. The smallest absolute Gasteiger partial charge is 0.244 e. The number of hydrogen-bond donors (Lipinski definition) is 2. The maximum absolute atomic E-state index is 11.7. The maximum Gasteiger partial charge on any atom is 0.244 e. The van der Waals surface area contributed by atoms with Crippen molar-refractivity contribution in [2.24, 2.45) is 5.73 Å². The first kappa shape index (κ1) is 15.7. The van der Waals surface area contributed by atoms with Gasteiger partial charge in [0.1, 0.15) is 11.8 Å². The Hall–Kier alpha value is -1.72. The zero-order valence-corrected chi connectivity index (χ0v) is 13.6. The first-order valence-corrected chi connectivity index (χ1v) is 7.33. The van der Waals surface area contributed by atoms with Crippen LogP contribution in [0, 0.1) is 0 Å².